The lowest BCUT2D eigenvalue weighted by molar-refractivity contribution is 0.0935. The van der Waals surface area contributed by atoms with Crippen molar-refractivity contribution in [2.45, 2.75) is 78.9 Å². The van der Waals surface area contributed by atoms with Gasteiger partial charge in [-0.25, -0.2) is 0 Å². The Morgan fingerprint density at radius 2 is 1.58 bits per heavy atom. The standard InChI is InChI=1S/C21H37NO2/c1-19(2,3)15-21(7,8)22-13-16(23)14-24-18-12-10-9-11-17(18)20(4,5)6/h9-12,16,22-23H,13-15H2,1-8H3. The zero-order chi connectivity index (χ0) is 18.6. The maximum atomic E-state index is 10.3. The van der Waals surface area contributed by atoms with Gasteiger partial charge < -0.3 is 15.2 Å². The Hall–Kier alpha value is -1.06. The van der Waals surface area contributed by atoms with Crippen LogP contribution in [-0.4, -0.2) is 29.9 Å². The van der Waals surface area contributed by atoms with Crippen molar-refractivity contribution in [1.29, 1.82) is 0 Å². The van der Waals surface area contributed by atoms with Gasteiger partial charge in [0.25, 0.3) is 0 Å². The molecule has 0 aliphatic carbocycles. The first kappa shape index (κ1) is 21.0. The first-order valence-electron chi connectivity index (χ1n) is 8.96. The van der Waals surface area contributed by atoms with Crippen LogP contribution in [0.5, 0.6) is 5.75 Å². The molecule has 0 amide bonds. The minimum Gasteiger partial charge on any atom is -0.491 e. The molecule has 0 heterocycles. The summed E-state index contributed by atoms with van der Waals surface area (Å²) in [5, 5.41) is 13.7. The van der Waals surface area contributed by atoms with Gasteiger partial charge in [0, 0.05) is 12.1 Å². The number of aliphatic hydroxyl groups is 1. The van der Waals surface area contributed by atoms with Crippen molar-refractivity contribution in [1.82, 2.24) is 5.32 Å². The van der Waals surface area contributed by atoms with Crippen LogP contribution in [0.1, 0.15) is 67.4 Å². The molecule has 0 radical (unpaired) electrons. The second-order valence-electron chi connectivity index (χ2n) is 9.71. The highest BCUT2D eigenvalue weighted by Crippen LogP contribution is 2.31. The van der Waals surface area contributed by atoms with Crippen molar-refractivity contribution >= 4 is 0 Å². The third-order valence-corrected chi connectivity index (χ3v) is 3.91. The first-order chi connectivity index (χ1) is 10.8. The summed E-state index contributed by atoms with van der Waals surface area (Å²) in [5.74, 6) is 0.859. The monoisotopic (exact) mass is 335 g/mol. The second-order valence-corrected chi connectivity index (χ2v) is 9.71. The van der Waals surface area contributed by atoms with Crippen molar-refractivity contribution in [2.24, 2.45) is 5.41 Å². The number of para-hydroxylation sites is 1. The van der Waals surface area contributed by atoms with Crippen LogP contribution in [0.15, 0.2) is 24.3 Å². The third kappa shape index (κ3) is 7.67. The van der Waals surface area contributed by atoms with Crippen molar-refractivity contribution in [2.75, 3.05) is 13.2 Å². The Morgan fingerprint density at radius 3 is 2.12 bits per heavy atom. The lowest BCUT2D eigenvalue weighted by Crippen LogP contribution is -2.46. The quantitative estimate of drug-likeness (QED) is 0.769. The van der Waals surface area contributed by atoms with Crippen molar-refractivity contribution in [3.63, 3.8) is 0 Å². The van der Waals surface area contributed by atoms with Gasteiger partial charge in [-0.1, -0.05) is 59.7 Å². The molecule has 24 heavy (non-hydrogen) atoms. The Balaban J connectivity index is 2.55. The van der Waals surface area contributed by atoms with Crippen LogP contribution in [0.4, 0.5) is 0 Å². The number of aliphatic hydroxyl groups excluding tert-OH is 1. The van der Waals surface area contributed by atoms with Gasteiger partial charge in [0.1, 0.15) is 18.5 Å². The van der Waals surface area contributed by atoms with Crippen LogP contribution in [0, 0.1) is 5.41 Å². The first-order valence-corrected chi connectivity index (χ1v) is 8.96. The van der Waals surface area contributed by atoms with Crippen LogP contribution >= 0.6 is 0 Å². The lowest BCUT2D eigenvalue weighted by Gasteiger charge is -2.34. The minimum atomic E-state index is -0.530. The highest BCUT2D eigenvalue weighted by molar-refractivity contribution is 5.38. The molecular weight excluding hydrogens is 298 g/mol. The maximum Gasteiger partial charge on any atom is 0.123 e. The second kappa shape index (κ2) is 7.88. The van der Waals surface area contributed by atoms with Gasteiger partial charge in [0.15, 0.2) is 0 Å². The van der Waals surface area contributed by atoms with Crippen LogP contribution in [-0.2, 0) is 5.41 Å². The summed E-state index contributed by atoms with van der Waals surface area (Å²) < 4.78 is 5.90. The molecule has 1 aromatic rings. The summed E-state index contributed by atoms with van der Waals surface area (Å²) in [7, 11) is 0. The van der Waals surface area contributed by atoms with Crippen LogP contribution in [0.3, 0.4) is 0 Å². The number of β-amino-alcohol motifs (C(OH)–C–C–N with tert-alkyl or cyclic N) is 1. The molecule has 0 bridgehead atoms. The maximum absolute atomic E-state index is 10.3. The summed E-state index contributed by atoms with van der Waals surface area (Å²) >= 11 is 0. The Kier molecular flexibility index (Phi) is 6.89. The molecule has 1 rings (SSSR count). The van der Waals surface area contributed by atoms with Crippen LogP contribution < -0.4 is 10.1 Å². The predicted octanol–water partition coefficient (Wildman–Crippen LogP) is 4.53. The fourth-order valence-electron chi connectivity index (χ4n) is 3.24. The summed E-state index contributed by atoms with van der Waals surface area (Å²) in [6.07, 6.45) is 0.512. The fraction of sp³-hybridized carbons (Fsp3) is 0.714. The van der Waals surface area contributed by atoms with Crippen molar-refractivity contribution in [3.05, 3.63) is 29.8 Å². The molecule has 0 fully saturated rings. The van der Waals surface area contributed by atoms with Gasteiger partial charge >= 0.3 is 0 Å². The van der Waals surface area contributed by atoms with E-state index in [4.69, 9.17) is 4.74 Å². The number of benzene rings is 1. The fourth-order valence-corrected chi connectivity index (χ4v) is 3.24. The van der Waals surface area contributed by atoms with E-state index in [0.717, 1.165) is 12.2 Å². The average Bonchev–Trinajstić information content (AvgIpc) is 2.40. The molecule has 0 aliphatic heterocycles. The molecule has 1 unspecified atom stereocenters. The highest BCUT2D eigenvalue weighted by Gasteiger charge is 2.25. The Morgan fingerprint density at radius 1 is 1.00 bits per heavy atom. The van der Waals surface area contributed by atoms with Crippen molar-refractivity contribution < 1.29 is 9.84 Å². The van der Waals surface area contributed by atoms with Gasteiger partial charge in [0.05, 0.1) is 0 Å². The van der Waals surface area contributed by atoms with E-state index >= 15 is 0 Å². The van der Waals surface area contributed by atoms with Crippen LogP contribution in [0.2, 0.25) is 0 Å². The van der Waals surface area contributed by atoms with E-state index in [0.29, 0.717) is 13.2 Å². The predicted molar refractivity (Wildman–Crippen MR) is 103 cm³/mol. The van der Waals surface area contributed by atoms with Crippen molar-refractivity contribution in [3.8, 4) is 5.75 Å². The molecule has 138 valence electrons. The minimum absolute atomic E-state index is 0.0114. The van der Waals surface area contributed by atoms with Crippen LogP contribution in [0.25, 0.3) is 0 Å². The molecule has 0 spiro atoms. The average molecular weight is 336 g/mol. The largest absolute Gasteiger partial charge is 0.491 e. The van der Waals surface area contributed by atoms with Gasteiger partial charge in [-0.3, -0.25) is 0 Å². The molecule has 1 atom stereocenters. The third-order valence-electron chi connectivity index (χ3n) is 3.91. The molecule has 3 nitrogen and oxygen atoms in total. The molecule has 0 aliphatic rings. The lowest BCUT2D eigenvalue weighted by atomic mass is 9.82. The normalized spacial score (nSPS) is 14.5. The molecule has 1 aromatic carbocycles. The Bertz CT molecular complexity index is 509. The van der Waals surface area contributed by atoms with E-state index in [-0.39, 0.29) is 16.4 Å². The van der Waals surface area contributed by atoms with Gasteiger partial charge in [-0.2, -0.15) is 0 Å². The molecule has 2 N–H and O–H groups in total. The number of ether oxygens (including phenoxy) is 1. The molecule has 0 saturated carbocycles. The summed E-state index contributed by atoms with van der Waals surface area (Å²) in [5.41, 5.74) is 1.43. The van der Waals surface area contributed by atoms with Gasteiger partial charge in [-0.05, 0) is 42.7 Å². The summed E-state index contributed by atoms with van der Waals surface area (Å²) in [6, 6.07) is 8.07. The van der Waals surface area contributed by atoms with E-state index in [1.54, 1.807) is 0 Å². The van der Waals surface area contributed by atoms with E-state index < -0.39 is 6.10 Å². The SMILES string of the molecule is CC(C)(C)CC(C)(C)NCC(O)COc1ccccc1C(C)(C)C. The highest BCUT2D eigenvalue weighted by atomic mass is 16.5. The number of hydrogen-bond acceptors (Lipinski definition) is 3. The molecule has 0 aromatic heterocycles. The number of rotatable bonds is 7. The van der Waals surface area contributed by atoms with Gasteiger partial charge in [-0.15, -0.1) is 0 Å². The van der Waals surface area contributed by atoms with E-state index in [2.05, 4.69) is 66.8 Å². The smallest absolute Gasteiger partial charge is 0.123 e. The number of hydrogen-bond donors (Lipinski definition) is 2. The molecule has 3 heteroatoms. The summed E-state index contributed by atoms with van der Waals surface area (Å²) in [6.45, 7) is 18.4. The van der Waals surface area contributed by atoms with E-state index in [9.17, 15) is 5.11 Å². The zero-order valence-electron chi connectivity index (χ0n) is 16.9. The molecular formula is C21H37NO2. The summed E-state index contributed by atoms with van der Waals surface area (Å²) in [4.78, 5) is 0. The number of nitrogens with one attached hydrogen (secondary N) is 1. The Labute approximate surface area is 148 Å². The topological polar surface area (TPSA) is 41.5 Å². The molecule has 0 saturated heterocycles. The van der Waals surface area contributed by atoms with E-state index in [1.807, 2.05) is 18.2 Å². The van der Waals surface area contributed by atoms with Gasteiger partial charge in [0.2, 0.25) is 0 Å². The van der Waals surface area contributed by atoms with E-state index in [1.165, 1.54) is 5.56 Å². The zero-order valence-corrected chi connectivity index (χ0v) is 16.9.